The van der Waals surface area contributed by atoms with Gasteiger partial charge < -0.3 is 15.7 Å². The molecule has 2 amide bonds. The highest BCUT2D eigenvalue weighted by Gasteiger charge is 2.27. The average molecular weight is 304 g/mol. The molecule has 0 radical (unpaired) electrons. The van der Waals surface area contributed by atoms with Crippen molar-refractivity contribution < 1.29 is 14.7 Å². The Bertz CT molecular complexity index is 542. The summed E-state index contributed by atoms with van der Waals surface area (Å²) in [4.78, 5) is 24.1. The van der Waals surface area contributed by atoms with E-state index in [1.807, 2.05) is 32.0 Å². The zero-order valence-electron chi connectivity index (χ0n) is 13.1. The number of carbonyl (C=O) groups excluding carboxylic acids is 2. The first-order valence-electron chi connectivity index (χ1n) is 7.88. The molecule has 3 N–H and O–H groups in total. The predicted octanol–water partition coefficient (Wildman–Crippen LogP) is 2.17. The number of benzene rings is 1. The van der Waals surface area contributed by atoms with Crippen molar-refractivity contribution in [1.29, 1.82) is 0 Å². The Morgan fingerprint density at radius 2 is 1.82 bits per heavy atom. The smallest absolute Gasteiger partial charge is 0.313 e. The van der Waals surface area contributed by atoms with Crippen LogP contribution in [0, 0.1) is 0 Å². The topological polar surface area (TPSA) is 78.4 Å². The van der Waals surface area contributed by atoms with Gasteiger partial charge in [-0.2, -0.15) is 0 Å². The number of hydrogen-bond donors (Lipinski definition) is 3. The summed E-state index contributed by atoms with van der Waals surface area (Å²) in [5, 5.41) is 15.2. The molecular formula is C17H24N2O3. The molecule has 0 heterocycles. The van der Waals surface area contributed by atoms with Gasteiger partial charge in [-0.1, -0.05) is 44.9 Å². The summed E-state index contributed by atoms with van der Waals surface area (Å²) in [5.41, 5.74) is 1.64. The third-order valence-electron chi connectivity index (χ3n) is 4.08. The fourth-order valence-electron chi connectivity index (χ4n) is 2.81. The molecule has 0 saturated heterocycles. The fraction of sp³-hybridized carbons (Fsp3) is 0.529. The second-order valence-corrected chi connectivity index (χ2v) is 6.13. The number of carbonyl (C=O) groups is 2. The second kappa shape index (κ2) is 7.40. The quantitative estimate of drug-likeness (QED) is 0.749. The van der Waals surface area contributed by atoms with E-state index in [1.165, 1.54) is 0 Å². The highest BCUT2D eigenvalue weighted by Crippen LogP contribution is 2.23. The number of hydrogen-bond acceptors (Lipinski definition) is 3. The molecule has 1 aliphatic rings. The van der Waals surface area contributed by atoms with Crippen molar-refractivity contribution in [1.82, 2.24) is 5.32 Å². The first-order chi connectivity index (χ1) is 10.5. The Morgan fingerprint density at radius 1 is 1.14 bits per heavy atom. The Morgan fingerprint density at radius 3 is 2.50 bits per heavy atom. The van der Waals surface area contributed by atoms with Crippen molar-refractivity contribution in [2.24, 2.45) is 0 Å². The van der Waals surface area contributed by atoms with E-state index in [0.29, 0.717) is 18.5 Å². The van der Waals surface area contributed by atoms with Gasteiger partial charge in [-0.15, -0.1) is 0 Å². The molecule has 2 atom stereocenters. The molecule has 0 bridgehead atoms. The van der Waals surface area contributed by atoms with Crippen molar-refractivity contribution in [3.05, 3.63) is 29.8 Å². The lowest BCUT2D eigenvalue weighted by molar-refractivity contribution is -0.137. The highest BCUT2D eigenvalue weighted by molar-refractivity contribution is 6.39. The van der Waals surface area contributed by atoms with E-state index >= 15 is 0 Å². The molecule has 0 spiro atoms. The molecular weight excluding hydrogens is 280 g/mol. The van der Waals surface area contributed by atoms with Crippen LogP contribution in [0.4, 0.5) is 5.69 Å². The van der Waals surface area contributed by atoms with Gasteiger partial charge in [0.05, 0.1) is 12.1 Å². The van der Waals surface area contributed by atoms with Gasteiger partial charge in [0.2, 0.25) is 0 Å². The van der Waals surface area contributed by atoms with Gasteiger partial charge in [0.15, 0.2) is 0 Å². The Labute approximate surface area is 131 Å². The number of aliphatic hydroxyl groups excluding tert-OH is 1. The minimum atomic E-state index is -0.690. The molecule has 1 aromatic rings. The number of anilines is 1. The summed E-state index contributed by atoms with van der Waals surface area (Å²) in [6.07, 6.45) is 2.74. The summed E-state index contributed by atoms with van der Waals surface area (Å²) in [7, 11) is 0. The number of rotatable bonds is 3. The van der Waals surface area contributed by atoms with E-state index < -0.39 is 17.9 Å². The monoisotopic (exact) mass is 304 g/mol. The Kier molecular flexibility index (Phi) is 5.55. The van der Waals surface area contributed by atoms with Gasteiger partial charge in [-0.05, 0) is 30.4 Å². The SMILES string of the molecule is CC(C)c1ccccc1NC(=O)C(=O)NC1CCCCC1O. The molecule has 1 saturated carbocycles. The van der Waals surface area contributed by atoms with Crippen LogP contribution < -0.4 is 10.6 Å². The van der Waals surface area contributed by atoms with Crippen molar-refractivity contribution in [3.8, 4) is 0 Å². The maximum atomic E-state index is 12.1. The molecule has 0 aromatic heterocycles. The average Bonchev–Trinajstić information content (AvgIpc) is 2.49. The van der Waals surface area contributed by atoms with E-state index in [-0.39, 0.29) is 12.0 Å². The lowest BCUT2D eigenvalue weighted by Crippen LogP contribution is -2.48. The molecule has 5 heteroatoms. The van der Waals surface area contributed by atoms with Crippen LogP contribution in [-0.4, -0.2) is 29.1 Å². The molecule has 1 aliphatic carbocycles. The lowest BCUT2D eigenvalue weighted by atomic mass is 9.92. The number of para-hydroxylation sites is 1. The first kappa shape index (κ1) is 16.5. The molecule has 1 fully saturated rings. The van der Waals surface area contributed by atoms with Crippen LogP contribution in [0.15, 0.2) is 24.3 Å². The van der Waals surface area contributed by atoms with E-state index in [0.717, 1.165) is 18.4 Å². The minimum absolute atomic E-state index is 0.250. The Balaban J connectivity index is 1.98. The van der Waals surface area contributed by atoms with E-state index in [9.17, 15) is 14.7 Å². The van der Waals surface area contributed by atoms with Crippen molar-refractivity contribution in [2.75, 3.05) is 5.32 Å². The van der Waals surface area contributed by atoms with E-state index in [1.54, 1.807) is 6.07 Å². The van der Waals surface area contributed by atoms with E-state index in [4.69, 9.17) is 0 Å². The summed E-state index contributed by atoms with van der Waals surface area (Å²) in [6.45, 7) is 4.06. The number of amides is 2. The maximum absolute atomic E-state index is 12.1. The van der Waals surface area contributed by atoms with Crippen molar-refractivity contribution in [3.63, 3.8) is 0 Å². The third kappa shape index (κ3) is 4.07. The zero-order chi connectivity index (χ0) is 16.1. The van der Waals surface area contributed by atoms with Gasteiger partial charge in [0.25, 0.3) is 0 Å². The lowest BCUT2D eigenvalue weighted by Gasteiger charge is -2.28. The number of aliphatic hydroxyl groups is 1. The van der Waals surface area contributed by atoms with Gasteiger partial charge >= 0.3 is 11.8 Å². The van der Waals surface area contributed by atoms with Crippen LogP contribution in [0.2, 0.25) is 0 Å². The zero-order valence-corrected chi connectivity index (χ0v) is 13.1. The normalized spacial score (nSPS) is 21.5. The van der Waals surface area contributed by atoms with Crippen LogP contribution in [0.25, 0.3) is 0 Å². The Hall–Kier alpha value is -1.88. The summed E-state index contributed by atoms with van der Waals surface area (Å²) in [5.74, 6) is -1.13. The van der Waals surface area contributed by atoms with Crippen LogP contribution >= 0.6 is 0 Å². The molecule has 120 valence electrons. The summed E-state index contributed by atoms with van der Waals surface area (Å²) in [6, 6.07) is 7.12. The largest absolute Gasteiger partial charge is 0.391 e. The minimum Gasteiger partial charge on any atom is -0.391 e. The van der Waals surface area contributed by atoms with Crippen LogP contribution in [0.5, 0.6) is 0 Å². The van der Waals surface area contributed by atoms with Crippen LogP contribution in [0.1, 0.15) is 51.0 Å². The van der Waals surface area contributed by atoms with Crippen LogP contribution in [-0.2, 0) is 9.59 Å². The van der Waals surface area contributed by atoms with Crippen LogP contribution in [0.3, 0.4) is 0 Å². The van der Waals surface area contributed by atoms with Gasteiger partial charge in [0.1, 0.15) is 0 Å². The predicted molar refractivity (Wildman–Crippen MR) is 85.6 cm³/mol. The van der Waals surface area contributed by atoms with E-state index in [2.05, 4.69) is 10.6 Å². The highest BCUT2D eigenvalue weighted by atomic mass is 16.3. The van der Waals surface area contributed by atoms with Crippen molar-refractivity contribution >= 4 is 17.5 Å². The molecule has 5 nitrogen and oxygen atoms in total. The standard InChI is InChI=1S/C17H24N2O3/c1-11(2)12-7-3-4-8-13(12)18-16(21)17(22)19-14-9-5-6-10-15(14)20/h3-4,7-8,11,14-15,20H,5-6,9-10H2,1-2H3,(H,18,21)(H,19,22). The van der Waals surface area contributed by atoms with Gasteiger partial charge in [-0.25, -0.2) is 0 Å². The molecule has 1 aromatic carbocycles. The van der Waals surface area contributed by atoms with Crippen molar-refractivity contribution in [2.45, 2.75) is 57.6 Å². The first-order valence-corrected chi connectivity index (χ1v) is 7.88. The van der Waals surface area contributed by atoms with Gasteiger partial charge in [-0.3, -0.25) is 9.59 Å². The molecule has 0 aliphatic heterocycles. The van der Waals surface area contributed by atoms with Gasteiger partial charge in [0, 0.05) is 5.69 Å². The fourth-order valence-corrected chi connectivity index (χ4v) is 2.81. The third-order valence-corrected chi connectivity index (χ3v) is 4.08. The summed E-state index contributed by atoms with van der Waals surface area (Å²) >= 11 is 0. The second-order valence-electron chi connectivity index (χ2n) is 6.13. The number of nitrogens with one attached hydrogen (secondary N) is 2. The maximum Gasteiger partial charge on any atom is 0.313 e. The summed E-state index contributed by atoms with van der Waals surface area (Å²) < 4.78 is 0. The molecule has 22 heavy (non-hydrogen) atoms. The molecule has 2 unspecified atom stereocenters. The molecule has 2 rings (SSSR count).